The Hall–Kier alpha value is -0.580. The lowest BCUT2D eigenvalue weighted by atomic mass is 9.92. The Labute approximate surface area is 116 Å². The molecule has 5 heteroatoms. The molecule has 2 rings (SSSR count). The molecule has 0 aliphatic heterocycles. The van der Waals surface area contributed by atoms with Crippen molar-refractivity contribution in [3.63, 3.8) is 0 Å². The Kier molecular flexibility index (Phi) is 4.65. The third-order valence-electron chi connectivity index (χ3n) is 3.47. The van der Waals surface area contributed by atoms with Gasteiger partial charge in [-0.25, -0.2) is 0 Å². The zero-order chi connectivity index (χ0) is 13.1. The van der Waals surface area contributed by atoms with Gasteiger partial charge in [-0.15, -0.1) is 11.3 Å². The van der Waals surface area contributed by atoms with E-state index in [4.69, 9.17) is 11.6 Å². The van der Waals surface area contributed by atoms with Gasteiger partial charge in [-0.05, 0) is 31.9 Å². The van der Waals surface area contributed by atoms with Gasteiger partial charge in [0.25, 0.3) is 0 Å². The summed E-state index contributed by atoms with van der Waals surface area (Å²) in [5.74, 6) is -0.240. The number of carbonyl (C=O) groups is 1. The number of rotatable bonds is 3. The molecule has 3 atom stereocenters. The van der Waals surface area contributed by atoms with Gasteiger partial charge in [0.15, 0.2) is 0 Å². The Bertz CT molecular complexity index is 421. The second kappa shape index (κ2) is 6.04. The maximum Gasteiger partial charge on any atom is 0.228 e. The summed E-state index contributed by atoms with van der Waals surface area (Å²) in [7, 11) is 0. The summed E-state index contributed by atoms with van der Waals surface area (Å²) >= 11 is 7.30. The summed E-state index contributed by atoms with van der Waals surface area (Å²) in [4.78, 5) is 13.1. The van der Waals surface area contributed by atoms with Crippen LogP contribution in [0.5, 0.6) is 0 Å². The van der Waals surface area contributed by atoms with Crippen LogP contribution in [0.15, 0.2) is 12.1 Å². The molecule has 1 aromatic rings. The Morgan fingerprint density at radius 3 is 2.83 bits per heavy atom. The summed E-state index contributed by atoms with van der Waals surface area (Å²) < 4.78 is 0.697. The molecular weight excluding hydrogens is 270 g/mol. The van der Waals surface area contributed by atoms with Crippen LogP contribution in [0.3, 0.4) is 0 Å². The van der Waals surface area contributed by atoms with Crippen LogP contribution in [0.1, 0.15) is 43.4 Å². The quantitative estimate of drug-likeness (QED) is 0.898. The molecule has 1 heterocycles. The van der Waals surface area contributed by atoms with Crippen LogP contribution in [0.2, 0.25) is 4.34 Å². The minimum atomic E-state index is -0.401. The second-order valence-corrected chi connectivity index (χ2v) is 6.58. The molecule has 0 saturated heterocycles. The highest BCUT2D eigenvalue weighted by molar-refractivity contribution is 7.16. The van der Waals surface area contributed by atoms with Crippen LogP contribution >= 0.6 is 22.9 Å². The van der Waals surface area contributed by atoms with Crippen molar-refractivity contribution in [2.45, 2.75) is 50.7 Å². The first-order valence-electron chi connectivity index (χ1n) is 6.31. The van der Waals surface area contributed by atoms with Crippen LogP contribution in [-0.4, -0.2) is 23.2 Å². The molecule has 3 unspecified atom stereocenters. The molecule has 1 aromatic heterocycles. The fourth-order valence-corrected chi connectivity index (χ4v) is 3.39. The van der Waals surface area contributed by atoms with Crippen molar-refractivity contribution in [2.75, 3.05) is 0 Å². The van der Waals surface area contributed by atoms with Crippen LogP contribution in [0.4, 0.5) is 0 Å². The molecule has 0 bridgehead atoms. The predicted molar refractivity (Wildman–Crippen MR) is 74.1 cm³/mol. The van der Waals surface area contributed by atoms with Gasteiger partial charge < -0.3 is 10.4 Å². The van der Waals surface area contributed by atoms with E-state index < -0.39 is 6.10 Å². The first-order chi connectivity index (χ1) is 8.58. The summed E-state index contributed by atoms with van der Waals surface area (Å²) in [5, 5.41) is 12.8. The molecule has 2 N–H and O–H groups in total. The summed E-state index contributed by atoms with van der Waals surface area (Å²) in [6.45, 7) is 1.87. The maximum atomic E-state index is 12.1. The molecule has 100 valence electrons. The monoisotopic (exact) mass is 287 g/mol. The Balaban J connectivity index is 1.94. The third-order valence-corrected chi connectivity index (χ3v) is 4.89. The first-order valence-corrected chi connectivity index (χ1v) is 7.51. The topological polar surface area (TPSA) is 49.3 Å². The highest BCUT2D eigenvalue weighted by atomic mass is 35.5. The van der Waals surface area contributed by atoms with E-state index in [1.165, 1.54) is 11.3 Å². The molecule has 0 aromatic carbocycles. The van der Waals surface area contributed by atoms with Gasteiger partial charge in [0.05, 0.1) is 22.4 Å². The summed E-state index contributed by atoms with van der Waals surface area (Å²) in [6.07, 6.45) is 3.36. The minimum absolute atomic E-state index is 0.0283. The van der Waals surface area contributed by atoms with Gasteiger partial charge in [0, 0.05) is 4.88 Å². The van der Waals surface area contributed by atoms with Crippen molar-refractivity contribution >= 4 is 28.8 Å². The normalized spacial score (nSPS) is 25.7. The van der Waals surface area contributed by atoms with E-state index in [0.29, 0.717) is 4.34 Å². The van der Waals surface area contributed by atoms with E-state index in [2.05, 4.69) is 5.32 Å². The maximum absolute atomic E-state index is 12.1. The molecule has 3 nitrogen and oxygen atoms in total. The molecule has 1 aliphatic carbocycles. The van der Waals surface area contributed by atoms with Gasteiger partial charge in [0.2, 0.25) is 5.91 Å². The minimum Gasteiger partial charge on any atom is -0.391 e. The Morgan fingerprint density at radius 2 is 2.22 bits per heavy atom. The number of aliphatic hydroxyl groups is 1. The van der Waals surface area contributed by atoms with Crippen LogP contribution in [-0.2, 0) is 4.79 Å². The number of hydrogen-bond acceptors (Lipinski definition) is 3. The SMILES string of the molecule is CC(C(=O)NC1CCCCC1O)c1ccc(Cl)s1. The standard InChI is InChI=1S/C13H18ClNO2S/c1-8(11-6-7-12(14)18-11)13(17)15-9-4-2-3-5-10(9)16/h6-10,16H,2-5H2,1H3,(H,15,17). The third kappa shape index (κ3) is 3.25. The number of aliphatic hydroxyl groups excluding tert-OH is 1. The number of hydrogen-bond donors (Lipinski definition) is 2. The van der Waals surface area contributed by atoms with Crippen molar-refractivity contribution in [1.82, 2.24) is 5.32 Å². The van der Waals surface area contributed by atoms with Crippen molar-refractivity contribution in [1.29, 1.82) is 0 Å². The number of carbonyl (C=O) groups excluding carboxylic acids is 1. The van der Waals surface area contributed by atoms with E-state index in [0.717, 1.165) is 30.6 Å². The summed E-state index contributed by atoms with van der Waals surface area (Å²) in [6, 6.07) is 3.60. The average Bonchev–Trinajstić information content (AvgIpc) is 2.78. The fourth-order valence-electron chi connectivity index (χ4n) is 2.28. The van der Waals surface area contributed by atoms with E-state index in [1.807, 2.05) is 13.0 Å². The van der Waals surface area contributed by atoms with E-state index in [9.17, 15) is 9.90 Å². The Morgan fingerprint density at radius 1 is 1.50 bits per heavy atom. The van der Waals surface area contributed by atoms with E-state index in [-0.39, 0.29) is 17.9 Å². The molecule has 1 fully saturated rings. The van der Waals surface area contributed by atoms with Crippen molar-refractivity contribution < 1.29 is 9.90 Å². The zero-order valence-corrected chi connectivity index (χ0v) is 11.9. The number of thiophene rings is 1. The lowest BCUT2D eigenvalue weighted by Crippen LogP contribution is -2.46. The van der Waals surface area contributed by atoms with Crippen LogP contribution in [0.25, 0.3) is 0 Å². The van der Waals surface area contributed by atoms with Gasteiger partial charge >= 0.3 is 0 Å². The lowest BCUT2D eigenvalue weighted by Gasteiger charge is -2.29. The number of halogens is 1. The van der Waals surface area contributed by atoms with Gasteiger partial charge in [0.1, 0.15) is 0 Å². The second-order valence-electron chi connectivity index (χ2n) is 4.83. The van der Waals surface area contributed by atoms with Crippen LogP contribution in [0, 0.1) is 0 Å². The van der Waals surface area contributed by atoms with Crippen LogP contribution < -0.4 is 5.32 Å². The molecule has 0 radical (unpaired) electrons. The molecule has 0 spiro atoms. The van der Waals surface area contributed by atoms with Crippen molar-refractivity contribution in [3.05, 3.63) is 21.3 Å². The highest BCUT2D eigenvalue weighted by Crippen LogP contribution is 2.28. The molecule has 1 amide bonds. The van der Waals surface area contributed by atoms with Crippen molar-refractivity contribution in [3.8, 4) is 0 Å². The number of nitrogens with one attached hydrogen (secondary N) is 1. The smallest absolute Gasteiger partial charge is 0.228 e. The summed E-state index contributed by atoms with van der Waals surface area (Å²) in [5.41, 5.74) is 0. The van der Waals surface area contributed by atoms with E-state index in [1.54, 1.807) is 6.07 Å². The van der Waals surface area contributed by atoms with Gasteiger partial charge in [-0.2, -0.15) is 0 Å². The fraction of sp³-hybridized carbons (Fsp3) is 0.615. The molecule has 1 saturated carbocycles. The molecular formula is C13H18ClNO2S. The number of amides is 1. The lowest BCUT2D eigenvalue weighted by molar-refractivity contribution is -0.124. The average molecular weight is 288 g/mol. The predicted octanol–water partition coefficient (Wildman–Crippen LogP) is 2.92. The largest absolute Gasteiger partial charge is 0.391 e. The van der Waals surface area contributed by atoms with Gasteiger partial charge in [-0.1, -0.05) is 24.4 Å². The molecule has 18 heavy (non-hydrogen) atoms. The van der Waals surface area contributed by atoms with E-state index >= 15 is 0 Å². The zero-order valence-electron chi connectivity index (χ0n) is 10.4. The first kappa shape index (κ1) is 13.8. The highest BCUT2D eigenvalue weighted by Gasteiger charge is 2.27. The molecule has 1 aliphatic rings. The van der Waals surface area contributed by atoms with Gasteiger partial charge in [-0.3, -0.25) is 4.79 Å². The van der Waals surface area contributed by atoms with Crippen molar-refractivity contribution in [2.24, 2.45) is 0 Å².